The van der Waals surface area contributed by atoms with Crippen molar-refractivity contribution >= 4 is 16.9 Å². The van der Waals surface area contributed by atoms with Gasteiger partial charge in [-0.1, -0.05) is 0 Å². The molecule has 6 nitrogen and oxygen atoms in total. The molecule has 6 heteroatoms. The summed E-state index contributed by atoms with van der Waals surface area (Å²) in [5.41, 5.74) is 1.10. The zero-order valence-electron chi connectivity index (χ0n) is 12.3. The van der Waals surface area contributed by atoms with Crippen LogP contribution in [0, 0.1) is 6.92 Å². The van der Waals surface area contributed by atoms with Gasteiger partial charge in [0.15, 0.2) is 0 Å². The van der Waals surface area contributed by atoms with E-state index in [0.29, 0.717) is 17.8 Å². The van der Waals surface area contributed by atoms with Gasteiger partial charge in [0.2, 0.25) is 0 Å². The Morgan fingerprint density at radius 3 is 2.81 bits per heavy atom. The number of esters is 1. The Bertz CT molecular complexity index is 791. The molecule has 0 bridgehead atoms. The fourth-order valence-corrected chi connectivity index (χ4v) is 2.50. The molecule has 1 aliphatic rings. The summed E-state index contributed by atoms with van der Waals surface area (Å²) in [5.74, 6) is 0.360. The largest absolute Gasteiger partial charge is 0.465 e. The molecule has 1 aliphatic carbocycles. The molecule has 110 valence electrons. The molecule has 21 heavy (non-hydrogen) atoms. The van der Waals surface area contributed by atoms with E-state index < -0.39 is 0 Å². The Kier molecular flexibility index (Phi) is 3.04. The standard InChI is InChI=1S/C15H17N3O3/c1-9-17-14(20)11-6-13(16-7-12(11)18(9)3)15(4-5-15)8-21-10(2)19/h6-7H,4-5,8H2,1-3H3. The van der Waals surface area contributed by atoms with Crippen LogP contribution in [-0.4, -0.2) is 27.1 Å². The van der Waals surface area contributed by atoms with Crippen molar-refractivity contribution in [3.8, 4) is 0 Å². The molecule has 0 unspecified atom stereocenters. The van der Waals surface area contributed by atoms with Gasteiger partial charge >= 0.3 is 5.97 Å². The maximum Gasteiger partial charge on any atom is 0.302 e. The van der Waals surface area contributed by atoms with Crippen molar-refractivity contribution in [1.29, 1.82) is 0 Å². The predicted molar refractivity (Wildman–Crippen MR) is 77.1 cm³/mol. The molecule has 1 fully saturated rings. The number of rotatable bonds is 3. The van der Waals surface area contributed by atoms with Gasteiger partial charge in [0, 0.05) is 19.4 Å². The first kappa shape index (κ1) is 13.7. The number of aromatic nitrogens is 3. The van der Waals surface area contributed by atoms with Crippen LogP contribution in [0.15, 0.2) is 17.1 Å². The Balaban J connectivity index is 2.06. The lowest BCUT2D eigenvalue weighted by Gasteiger charge is -2.15. The first-order valence-electron chi connectivity index (χ1n) is 6.90. The van der Waals surface area contributed by atoms with E-state index in [4.69, 9.17) is 4.74 Å². The lowest BCUT2D eigenvalue weighted by Crippen LogP contribution is -2.21. The number of hydrogen-bond acceptors (Lipinski definition) is 5. The quantitative estimate of drug-likeness (QED) is 0.794. The summed E-state index contributed by atoms with van der Waals surface area (Å²) in [6.07, 6.45) is 3.53. The van der Waals surface area contributed by atoms with Crippen molar-refractivity contribution in [2.75, 3.05) is 6.61 Å². The zero-order chi connectivity index (χ0) is 15.2. The molecule has 0 aromatic carbocycles. The van der Waals surface area contributed by atoms with Gasteiger partial charge in [-0.05, 0) is 25.8 Å². The molecule has 2 aromatic rings. The van der Waals surface area contributed by atoms with Gasteiger partial charge < -0.3 is 9.30 Å². The number of hydrogen-bond donors (Lipinski definition) is 0. The van der Waals surface area contributed by atoms with E-state index in [1.165, 1.54) is 6.92 Å². The third-order valence-corrected chi connectivity index (χ3v) is 4.17. The fourth-order valence-electron chi connectivity index (χ4n) is 2.50. The Labute approximate surface area is 121 Å². The Morgan fingerprint density at radius 2 is 2.19 bits per heavy atom. The summed E-state index contributed by atoms with van der Waals surface area (Å²) < 4.78 is 6.98. The smallest absolute Gasteiger partial charge is 0.302 e. The molecule has 0 atom stereocenters. The minimum atomic E-state index is -0.296. The van der Waals surface area contributed by atoms with E-state index in [2.05, 4.69) is 9.97 Å². The zero-order valence-corrected chi connectivity index (χ0v) is 12.3. The van der Waals surface area contributed by atoms with Gasteiger partial charge in [0.1, 0.15) is 12.4 Å². The fraction of sp³-hybridized carbons (Fsp3) is 0.467. The molecule has 3 rings (SSSR count). The molecular weight excluding hydrogens is 270 g/mol. The second-order valence-electron chi connectivity index (χ2n) is 5.67. The minimum Gasteiger partial charge on any atom is -0.465 e. The van der Waals surface area contributed by atoms with Crippen molar-refractivity contribution in [1.82, 2.24) is 14.5 Å². The summed E-state index contributed by atoms with van der Waals surface area (Å²) in [6.45, 7) is 3.50. The summed E-state index contributed by atoms with van der Waals surface area (Å²) in [4.78, 5) is 31.6. The molecule has 2 aromatic heterocycles. The third-order valence-electron chi connectivity index (χ3n) is 4.17. The van der Waals surface area contributed by atoms with Gasteiger partial charge in [-0.3, -0.25) is 14.6 Å². The van der Waals surface area contributed by atoms with Crippen molar-refractivity contribution in [3.05, 3.63) is 34.1 Å². The van der Waals surface area contributed by atoms with Crippen LogP contribution in [0.25, 0.3) is 10.9 Å². The van der Waals surface area contributed by atoms with E-state index in [0.717, 1.165) is 24.1 Å². The monoisotopic (exact) mass is 287 g/mol. The van der Waals surface area contributed by atoms with Gasteiger partial charge in [0.25, 0.3) is 5.56 Å². The van der Waals surface area contributed by atoms with Crippen LogP contribution in [0.3, 0.4) is 0 Å². The van der Waals surface area contributed by atoms with Crippen molar-refractivity contribution in [3.63, 3.8) is 0 Å². The lowest BCUT2D eigenvalue weighted by molar-refractivity contribution is -0.141. The van der Waals surface area contributed by atoms with Crippen LogP contribution in [0.5, 0.6) is 0 Å². The minimum absolute atomic E-state index is 0.226. The van der Waals surface area contributed by atoms with E-state index in [1.54, 1.807) is 19.2 Å². The maximum atomic E-state index is 12.1. The molecule has 0 aliphatic heterocycles. The molecule has 0 N–H and O–H groups in total. The van der Waals surface area contributed by atoms with Gasteiger partial charge in [-0.15, -0.1) is 0 Å². The van der Waals surface area contributed by atoms with Crippen LogP contribution >= 0.6 is 0 Å². The number of aryl methyl sites for hydroxylation is 2. The number of pyridine rings is 1. The van der Waals surface area contributed by atoms with E-state index >= 15 is 0 Å². The van der Waals surface area contributed by atoms with Gasteiger partial charge in [-0.2, -0.15) is 4.98 Å². The van der Waals surface area contributed by atoms with Crippen LogP contribution in [0.2, 0.25) is 0 Å². The highest BCUT2D eigenvalue weighted by atomic mass is 16.5. The summed E-state index contributed by atoms with van der Waals surface area (Å²) in [5, 5.41) is 0.558. The van der Waals surface area contributed by atoms with Crippen LogP contribution in [-0.2, 0) is 22.0 Å². The molecule has 0 spiro atoms. The molecule has 0 saturated heterocycles. The Morgan fingerprint density at radius 1 is 1.48 bits per heavy atom. The third kappa shape index (κ3) is 2.30. The number of nitrogens with zero attached hydrogens (tertiary/aromatic N) is 3. The molecular formula is C15H17N3O3. The molecule has 1 saturated carbocycles. The Hall–Kier alpha value is -2.24. The summed E-state index contributed by atoms with van der Waals surface area (Å²) in [7, 11) is 1.86. The van der Waals surface area contributed by atoms with Crippen LogP contribution in [0.1, 0.15) is 31.3 Å². The molecule has 0 radical (unpaired) electrons. The van der Waals surface area contributed by atoms with Crippen molar-refractivity contribution in [2.24, 2.45) is 7.05 Å². The SMILES string of the molecule is CC(=O)OCC1(c2cc3c(=O)nc(C)n(C)c3cn2)CC1. The number of fused-ring (bicyclic) bond motifs is 1. The normalized spacial score (nSPS) is 16.0. The van der Waals surface area contributed by atoms with Gasteiger partial charge in [0.05, 0.1) is 22.8 Å². The second kappa shape index (κ2) is 4.65. The van der Waals surface area contributed by atoms with Crippen LogP contribution < -0.4 is 5.56 Å². The summed E-state index contributed by atoms with van der Waals surface area (Å²) in [6, 6.07) is 1.79. The lowest BCUT2D eigenvalue weighted by atomic mass is 10.0. The van der Waals surface area contributed by atoms with Crippen molar-refractivity contribution < 1.29 is 9.53 Å². The highest BCUT2D eigenvalue weighted by molar-refractivity contribution is 5.78. The topological polar surface area (TPSA) is 74.1 Å². The number of ether oxygens (including phenoxy) is 1. The number of carbonyl (C=O) groups is 1. The number of carbonyl (C=O) groups excluding carboxylic acids is 1. The molecule has 0 amide bonds. The first-order chi connectivity index (χ1) is 9.93. The average molecular weight is 287 g/mol. The summed E-state index contributed by atoms with van der Waals surface area (Å²) >= 11 is 0. The second-order valence-corrected chi connectivity index (χ2v) is 5.67. The predicted octanol–water partition coefficient (Wildman–Crippen LogP) is 1.23. The van der Waals surface area contributed by atoms with Crippen molar-refractivity contribution in [2.45, 2.75) is 32.1 Å². The van der Waals surface area contributed by atoms with E-state index in [1.807, 2.05) is 11.6 Å². The average Bonchev–Trinajstić information content (AvgIpc) is 3.23. The highest BCUT2D eigenvalue weighted by Gasteiger charge is 2.47. The van der Waals surface area contributed by atoms with Crippen LogP contribution in [0.4, 0.5) is 0 Å². The van der Waals surface area contributed by atoms with Gasteiger partial charge in [-0.25, -0.2) is 0 Å². The first-order valence-corrected chi connectivity index (χ1v) is 6.90. The molecule has 2 heterocycles. The van der Waals surface area contributed by atoms with E-state index in [-0.39, 0.29) is 16.9 Å². The van der Waals surface area contributed by atoms with E-state index in [9.17, 15) is 9.59 Å². The maximum absolute atomic E-state index is 12.1. The highest BCUT2D eigenvalue weighted by Crippen LogP contribution is 2.47.